The van der Waals surface area contributed by atoms with Gasteiger partial charge in [-0.1, -0.05) is 180 Å². The number of carbonyl (C=O) groups excluding carboxylic acids is 1. The van der Waals surface area contributed by atoms with Crippen LogP contribution in [0.25, 0.3) is 0 Å². The number of hydrogen-bond acceptors (Lipinski definition) is 14. The zero-order chi connectivity index (χ0) is 55.8. The van der Waals surface area contributed by atoms with Gasteiger partial charge < -0.3 is 64.2 Å². The minimum absolute atomic E-state index is 0.0306. The molecule has 2 fully saturated rings. The summed E-state index contributed by atoms with van der Waals surface area (Å²) in [7, 11) is 0. The van der Waals surface area contributed by atoms with Crippen LogP contribution in [-0.4, -0.2) is 142 Å². The number of carbonyl (C=O) groups is 1. The molecule has 11 atom stereocenters. The number of hydrogen-bond donors (Lipinski definition) is 7. The standard InChI is InChI=1S/C63H102O14/c1-3-5-7-9-11-13-15-17-19-21-23-25-27-29-31-33-35-37-39-41-43-45-47-72-49-52(50-73-62-61(71)59(69)57(67)54(77-62)51-74-63-60(70)58(68)56(66)53(48-64)76-63)75-55(65)46-44-42-40-38-36-34-32-30-28-26-24-22-20-18-16-14-12-10-8-6-4-2/h5-8,11-14,17-20,23-26,30,32,36,38,52-54,56-64,66-71H,3-4,9-10,15-16,21-22,27-29,31,33-35,37,39-51H2,1-2H3/b7-5-,8-6-,13-11-,14-12-,19-17-,20-18-,25-23-,26-24-,32-30-,38-36-. The van der Waals surface area contributed by atoms with Crippen molar-refractivity contribution < 1.29 is 69.0 Å². The molecule has 0 radical (unpaired) electrons. The summed E-state index contributed by atoms with van der Waals surface area (Å²) in [4.78, 5) is 13.1. The van der Waals surface area contributed by atoms with Crippen molar-refractivity contribution in [1.29, 1.82) is 0 Å². The normalized spacial score (nSPS) is 25.2. The van der Waals surface area contributed by atoms with Crippen LogP contribution in [-0.2, 0) is 33.2 Å². The molecule has 0 aliphatic carbocycles. The van der Waals surface area contributed by atoms with Crippen molar-refractivity contribution in [1.82, 2.24) is 0 Å². The predicted octanol–water partition coefficient (Wildman–Crippen LogP) is 10.5. The monoisotopic (exact) mass is 1080 g/mol. The Morgan fingerprint density at radius 1 is 0.429 bits per heavy atom. The third-order valence-electron chi connectivity index (χ3n) is 13.0. The number of unbranched alkanes of at least 4 members (excludes halogenated alkanes) is 11. The van der Waals surface area contributed by atoms with Gasteiger partial charge in [-0.15, -0.1) is 0 Å². The fourth-order valence-electron chi connectivity index (χ4n) is 8.34. The van der Waals surface area contributed by atoms with E-state index in [-0.39, 0.29) is 19.6 Å². The lowest BCUT2D eigenvalue weighted by atomic mass is 9.98. The summed E-state index contributed by atoms with van der Waals surface area (Å²) >= 11 is 0. The van der Waals surface area contributed by atoms with Crippen molar-refractivity contribution in [3.63, 3.8) is 0 Å². The molecular weight excluding hydrogens is 981 g/mol. The van der Waals surface area contributed by atoms with E-state index in [1.54, 1.807) is 0 Å². The van der Waals surface area contributed by atoms with E-state index in [0.29, 0.717) is 13.0 Å². The molecule has 7 N–H and O–H groups in total. The number of allylic oxidation sites excluding steroid dienone is 20. The van der Waals surface area contributed by atoms with Gasteiger partial charge in [-0.25, -0.2) is 0 Å². The molecule has 2 saturated heterocycles. The zero-order valence-electron chi connectivity index (χ0n) is 46.9. The molecule has 2 rings (SSSR count). The first-order valence-electron chi connectivity index (χ1n) is 29.1. The highest BCUT2D eigenvalue weighted by atomic mass is 16.7. The molecule has 77 heavy (non-hydrogen) atoms. The SMILES string of the molecule is CC/C=C\C/C=C\C/C=C\C/C=C\C/C=C\C/C=C\CCCCC(=O)OC(COCCCCCCCCCCC/C=C\C/C=C\C/C=C\C/C=C\CC)COC1OC(COC2OC(CO)C(O)C(O)C2O)C(O)C(O)C1O. The number of aliphatic hydroxyl groups is 7. The highest BCUT2D eigenvalue weighted by molar-refractivity contribution is 5.69. The van der Waals surface area contributed by atoms with Crippen LogP contribution in [0.2, 0.25) is 0 Å². The zero-order valence-corrected chi connectivity index (χ0v) is 46.9. The Hall–Kier alpha value is -3.61. The molecule has 14 nitrogen and oxygen atoms in total. The molecule has 0 aromatic heterocycles. The maximum Gasteiger partial charge on any atom is 0.306 e. The highest BCUT2D eigenvalue weighted by Crippen LogP contribution is 2.26. The first-order chi connectivity index (χ1) is 37.6. The average Bonchev–Trinajstić information content (AvgIpc) is 3.43. The number of rotatable bonds is 45. The van der Waals surface area contributed by atoms with Crippen LogP contribution in [0.4, 0.5) is 0 Å². The summed E-state index contributed by atoms with van der Waals surface area (Å²) in [5, 5.41) is 72.4. The van der Waals surface area contributed by atoms with Crippen molar-refractivity contribution >= 4 is 5.97 Å². The summed E-state index contributed by atoms with van der Waals surface area (Å²) in [6.07, 6.45) is 51.1. The molecule has 0 amide bonds. The molecule has 2 aliphatic heterocycles. The van der Waals surface area contributed by atoms with Crippen molar-refractivity contribution in [2.45, 2.75) is 235 Å². The van der Waals surface area contributed by atoms with E-state index < -0.39 is 86.7 Å². The van der Waals surface area contributed by atoms with E-state index in [0.717, 1.165) is 103 Å². The van der Waals surface area contributed by atoms with E-state index in [4.69, 9.17) is 28.4 Å². The summed E-state index contributed by atoms with van der Waals surface area (Å²) in [6.45, 7) is 3.37. The Morgan fingerprint density at radius 2 is 0.805 bits per heavy atom. The van der Waals surface area contributed by atoms with Gasteiger partial charge in [0.25, 0.3) is 0 Å². The summed E-state index contributed by atoms with van der Waals surface area (Å²) in [5.74, 6) is -0.425. The summed E-state index contributed by atoms with van der Waals surface area (Å²) in [6, 6.07) is 0. The van der Waals surface area contributed by atoms with Crippen molar-refractivity contribution in [2.75, 3.05) is 33.0 Å². The quantitative estimate of drug-likeness (QED) is 0.0172. The van der Waals surface area contributed by atoms with Crippen LogP contribution in [0, 0.1) is 0 Å². The van der Waals surface area contributed by atoms with E-state index >= 15 is 0 Å². The number of ether oxygens (including phenoxy) is 6. The van der Waals surface area contributed by atoms with Gasteiger partial charge in [0, 0.05) is 13.0 Å². The van der Waals surface area contributed by atoms with Gasteiger partial charge >= 0.3 is 5.97 Å². The Kier molecular flexibility index (Phi) is 43.6. The summed E-state index contributed by atoms with van der Waals surface area (Å²) < 4.78 is 34.3. The van der Waals surface area contributed by atoms with Gasteiger partial charge in [-0.3, -0.25) is 4.79 Å². The molecular formula is C63H102O14. The minimum Gasteiger partial charge on any atom is -0.457 e. The first-order valence-corrected chi connectivity index (χ1v) is 29.1. The van der Waals surface area contributed by atoms with Crippen LogP contribution in [0.3, 0.4) is 0 Å². The van der Waals surface area contributed by atoms with Crippen LogP contribution in [0.1, 0.15) is 168 Å². The number of aliphatic hydroxyl groups excluding tert-OH is 7. The maximum absolute atomic E-state index is 13.1. The molecule has 2 aliphatic rings. The van der Waals surface area contributed by atoms with Gasteiger partial charge in [-0.05, 0) is 103 Å². The lowest BCUT2D eigenvalue weighted by Gasteiger charge is -2.42. The molecule has 0 saturated carbocycles. The van der Waals surface area contributed by atoms with E-state index in [1.807, 2.05) is 0 Å². The Labute approximate surface area is 463 Å². The second kappa shape index (κ2) is 48.3. The summed E-state index contributed by atoms with van der Waals surface area (Å²) in [5.41, 5.74) is 0. The van der Waals surface area contributed by atoms with E-state index in [1.165, 1.54) is 38.5 Å². The topological polar surface area (TPSA) is 214 Å². The molecule has 0 spiro atoms. The van der Waals surface area contributed by atoms with Crippen LogP contribution in [0.15, 0.2) is 122 Å². The van der Waals surface area contributed by atoms with Gasteiger partial charge in [0.2, 0.25) is 0 Å². The van der Waals surface area contributed by atoms with Gasteiger partial charge in [-0.2, -0.15) is 0 Å². The first kappa shape index (κ1) is 69.5. The van der Waals surface area contributed by atoms with Crippen LogP contribution >= 0.6 is 0 Å². The van der Waals surface area contributed by atoms with Gasteiger partial charge in [0.1, 0.15) is 54.9 Å². The third-order valence-corrected chi connectivity index (χ3v) is 13.0. The molecule has 14 heteroatoms. The van der Waals surface area contributed by atoms with E-state index in [2.05, 4.69) is 135 Å². The second-order valence-electron chi connectivity index (χ2n) is 19.7. The van der Waals surface area contributed by atoms with Crippen molar-refractivity contribution in [2.24, 2.45) is 0 Å². The average molecular weight is 1080 g/mol. The number of esters is 1. The predicted molar refractivity (Wildman–Crippen MR) is 307 cm³/mol. The van der Waals surface area contributed by atoms with Gasteiger partial charge in [0.05, 0.1) is 26.4 Å². The Balaban J connectivity index is 1.75. The fourth-order valence-corrected chi connectivity index (χ4v) is 8.34. The minimum atomic E-state index is -1.72. The van der Waals surface area contributed by atoms with E-state index in [9.17, 15) is 40.5 Å². The molecule has 438 valence electrons. The Morgan fingerprint density at radius 3 is 1.26 bits per heavy atom. The second-order valence-corrected chi connectivity index (χ2v) is 19.7. The van der Waals surface area contributed by atoms with Crippen molar-refractivity contribution in [3.8, 4) is 0 Å². The fraction of sp³-hybridized carbons (Fsp3) is 0.667. The smallest absolute Gasteiger partial charge is 0.306 e. The lowest BCUT2D eigenvalue weighted by molar-refractivity contribution is -0.332. The molecule has 11 unspecified atom stereocenters. The largest absolute Gasteiger partial charge is 0.457 e. The lowest BCUT2D eigenvalue weighted by Crippen LogP contribution is -2.61. The van der Waals surface area contributed by atoms with Gasteiger partial charge in [0.15, 0.2) is 12.6 Å². The van der Waals surface area contributed by atoms with Crippen LogP contribution < -0.4 is 0 Å². The Bertz CT molecular complexity index is 1730. The molecule has 0 aromatic rings. The molecule has 2 heterocycles. The third kappa shape index (κ3) is 34.9. The molecule has 0 bridgehead atoms. The van der Waals surface area contributed by atoms with Crippen molar-refractivity contribution in [3.05, 3.63) is 122 Å². The highest BCUT2D eigenvalue weighted by Gasteiger charge is 2.47. The maximum atomic E-state index is 13.1. The van der Waals surface area contributed by atoms with Crippen LogP contribution in [0.5, 0.6) is 0 Å². The molecule has 0 aromatic carbocycles.